The molecule has 4 heteroatoms. The lowest BCUT2D eigenvalue weighted by Crippen LogP contribution is -2.28. The fourth-order valence-electron chi connectivity index (χ4n) is 7.24. The Bertz CT molecular complexity index is 1370. The van der Waals surface area contributed by atoms with Crippen molar-refractivity contribution in [3.05, 3.63) is 87.5 Å². The number of fused-ring (bicyclic) bond motifs is 1. The van der Waals surface area contributed by atoms with Crippen LogP contribution < -0.4 is 9.84 Å². The van der Waals surface area contributed by atoms with Crippen LogP contribution in [0.3, 0.4) is 0 Å². The minimum atomic E-state index is -0.926. The first-order chi connectivity index (χ1) is 18.8. The van der Waals surface area contributed by atoms with Crippen molar-refractivity contribution in [2.24, 2.45) is 5.41 Å². The molecule has 0 N–H and O–H groups in total. The molecule has 3 aliphatic rings. The molecule has 39 heavy (non-hydrogen) atoms. The molecule has 0 aromatic heterocycles. The lowest BCUT2D eigenvalue weighted by atomic mass is 9.86. The van der Waals surface area contributed by atoms with Crippen molar-refractivity contribution in [2.45, 2.75) is 84.2 Å². The standard InChI is InChI=1S/C35H40O4/c1-22-16-29(39-28-7-5-15-38-21-28)17-23(2)34(22)30-8-4-6-26(24(30)3)11-9-25-10-12-31-27(18-25)20-35(13-14-35)32(31)19-33(36)37/h4,6,8,10,12,16-18,28,32H,5,7,9,11,13-15,19-21H2,1-3H3,(H,36,37)/p-1. The summed E-state index contributed by atoms with van der Waals surface area (Å²) in [4.78, 5) is 11.4. The highest BCUT2D eigenvalue weighted by Gasteiger charge is 2.53. The molecule has 1 spiro atoms. The number of aliphatic carboxylic acids is 1. The van der Waals surface area contributed by atoms with E-state index in [1.165, 1.54) is 50.1 Å². The van der Waals surface area contributed by atoms with Crippen molar-refractivity contribution in [2.75, 3.05) is 13.2 Å². The molecule has 2 atom stereocenters. The van der Waals surface area contributed by atoms with Gasteiger partial charge < -0.3 is 19.4 Å². The Balaban J connectivity index is 1.19. The van der Waals surface area contributed by atoms with E-state index < -0.39 is 5.97 Å². The molecular weight excluding hydrogens is 484 g/mol. The summed E-state index contributed by atoms with van der Waals surface area (Å²) >= 11 is 0. The largest absolute Gasteiger partial charge is 0.550 e. The second kappa shape index (κ2) is 10.5. The maximum atomic E-state index is 11.4. The minimum Gasteiger partial charge on any atom is -0.550 e. The number of hydrogen-bond donors (Lipinski definition) is 0. The van der Waals surface area contributed by atoms with Gasteiger partial charge in [-0.15, -0.1) is 0 Å². The molecule has 2 fully saturated rings. The van der Waals surface area contributed by atoms with Gasteiger partial charge in [-0.3, -0.25) is 0 Å². The lowest BCUT2D eigenvalue weighted by Gasteiger charge is -2.24. The van der Waals surface area contributed by atoms with Crippen LogP contribution in [0.1, 0.15) is 77.0 Å². The summed E-state index contributed by atoms with van der Waals surface area (Å²) in [5, 5.41) is 11.4. The third kappa shape index (κ3) is 5.24. The Morgan fingerprint density at radius 3 is 2.54 bits per heavy atom. The minimum absolute atomic E-state index is 0.129. The van der Waals surface area contributed by atoms with Gasteiger partial charge in [-0.25, -0.2) is 0 Å². The summed E-state index contributed by atoms with van der Waals surface area (Å²) in [6.07, 6.45) is 7.66. The van der Waals surface area contributed by atoms with Crippen molar-refractivity contribution in [1.29, 1.82) is 0 Å². The predicted octanol–water partition coefficient (Wildman–Crippen LogP) is 6.18. The first-order valence-electron chi connectivity index (χ1n) is 14.6. The predicted molar refractivity (Wildman–Crippen MR) is 152 cm³/mol. The van der Waals surface area contributed by atoms with Gasteiger partial charge in [0.2, 0.25) is 0 Å². The number of ether oxygens (including phenoxy) is 2. The van der Waals surface area contributed by atoms with E-state index >= 15 is 0 Å². The van der Waals surface area contributed by atoms with Crippen LogP contribution in [0.2, 0.25) is 0 Å². The third-order valence-electron chi connectivity index (χ3n) is 9.45. The monoisotopic (exact) mass is 523 g/mol. The molecule has 4 nitrogen and oxygen atoms in total. The number of aryl methyl sites for hydroxylation is 4. The number of carboxylic acids is 1. The molecule has 1 saturated carbocycles. The number of carbonyl (C=O) groups excluding carboxylic acids is 1. The number of carboxylic acid groups (broad SMARTS) is 1. The molecule has 2 unspecified atom stereocenters. The number of hydrogen-bond acceptors (Lipinski definition) is 4. The summed E-state index contributed by atoms with van der Waals surface area (Å²) < 4.78 is 11.9. The zero-order valence-electron chi connectivity index (χ0n) is 23.5. The van der Waals surface area contributed by atoms with Gasteiger partial charge in [-0.1, -0.05) is 36.4 Å². The second-order valence-corrected chi connectivity index (χ2v) is 12.2. The maximum absolute atomic E-state index is 11.4. The first-order valence-corrected chi connectivity index (χ1v) is 14.6. The molecule has 3 aromatic carbocycles. The number of carbonyl (C=O) groups is 1. The van der Waals surface area contributed by atoms with Crippen LogP contribution in [-0.4, -0.2) is 25.3 Å². The third-order valence-corrected chi connectivity index (χ3v) is 9.45. The molecule has 6 rings (SSSR count). The Morgan fingerprint density at radius 2 is 1.85 bits per heavy atom. The second-order valence-electron chi connectivity index (χ2n) is 12.2. The summed E-state index contributed by atoms with van der Waals surface area (Å²) in [6, 6.07) is 17.8. The van der Waals surface area contributed by atoms with Crippen LogP contribution in [0.15, 0.2) is 48.5 Å². The highest BCUT2D eigenvalue weighted by atomic mass is 16.5. The van der Waals surface area contributed by atoms with Gasteiger partial charge in [0.15, 0.2) is 0 Å². The van der Waals surface area contributed by atoms with Crippen LogP contribution in [-0.2, 0) is 28.8 Å². The zero-order valence-corrected chi connectivity index (χ0v) is 23.5. The van der Waals surface area contributed by atoms with E-state index in [2.05, 4.69) is 69.3 Å². The highest BCUT2D eigenvalue weighted by molar-refractivity contribution is 5.75. The average molecular weight is 524 g/mol. The topological polar surface area (TPSA) is 58.6 Å². The van der Waals surface area contributed by atoms with Gasteiger partial charge in [0.25, 0.3) is 0 Å². The normalized spacial score (nSPS) is 21.1. The molecule has 1 aliphatic heterocycles. The van der Waals surface area contributed by atoms with Gasteiger partial charge in [0, 0.05) is 12.6 Å². The SMILES string of the molecule is Cc1cc(OC2CCCOC2)cc(C)c1-c1cccc(CCc2ccc3c(c2)CC2(CC2)C3CC(=O)[O-])c1C. The maximum Gasteiger partial charge on any atom is 0.122 e. The Labute approximate surface area is 232 Å². The zero-order chi connectivity index (χ0) is 27.1. The molecule has 3 aromatic rings. The summed E-state index contributed by atoms with van der Waals surface area (Å²) in [5.74, 6) is 0.138. The van der Waals surface area contributed by atoms with Crippen molar-refractivity contribution in [1.82, 2.24) is 0 Å². The van der Waals surface area contributed by atoms with Crippen LogP contribution >= 0.6 is 0 Å². The van der Waals surface area contributed by atoms with Gasteiger partial charge >= 0.3 is 0 Å². The van der Waals surface area contributed by atoms with Gasteiger partial charge in [-0.2, -0.15) is 0 Å². The number of rotatable bonds is 8. The molecule has 0 bridgehead atoms. The molecular formula is C35H39O4-. The summed E-state index contributed by atoms with van der Waals surface area (Å²) in [5.41, 5.74) is 11.9. The molecule has 0 amide bonds. The highest BCUT2D eigenvalue weighted by Crippen LogP contribution is 2.64. The van der Waals surface area contributed by atoms with Gasteiger partial charge in [-0.05, 0) is 146 Å². The Hall–Kier alpha value is -3.11. The Kier molecular flexibility index (Phi) is 7.01. The van der Waals surface area contributed by atoms with Crippen LogP contribution in [0.5, 0.6) is 5.75 Å². The van der Waals surface area contributed by atoms with E-state index in [1.54, 1.807) is 0 Å². The van der Waals surface area contributed by atoms with Crippen LogP contribution in [0.25, 0.3) is 11.1 Å². The van der Waals surface area contributed by atoms with E-state index in [0.717, 1.165) is 57.3 Å². The van der Waals surface area contributed by atoms with Crippen molar-refractivity contribution in [3.8, 4) is 16.9 Å². The quantitative estimate of drug-likeness (QED) is 0.354. The van der Waals surface area contributed by atoms with Crippen LogP contribution in [0, 0.1) is 26.2 Å². The van der Waals surface area contributed by atoms with E-state index in [1.807, 2.05) is 0 Å². The summed E-state index contributed by atoms with van der Waals surface area (Å²) in [6.45, 7) is 8.13. The lowest BCUT2D eigenvalue weighted by molar-refractivity contribution is -0.306. The molecule has 0 radical (unpaired) electrons. The fraction of sp³-hybridized carbons (Fsp3) is 0.457. The molecule has 1 heterocycles. The van der Waals surface area contributed by atoms with Crippen molar-refractivity contribution < 1.29 is 19.4 Å². The van der Waals surface area contributed by atoms with Crippen molar-refractivity contribution >= 4 is 5.97 Å². The molecule has 204 valence electrons. The van der Waals surface area contributed by atoms with E-state index in [9.17, 15) is 9.90 Å². The van der Waals surface area contributed by atoms with E-state index in [0.29, 0.717) is 6.61 Å². The summed E-state index contributed by atoms with van der Waals surface area (Å²) in [7, 11) is 0. The average Bonchev–Trinajstić information content (AvgIpc) is 3.61. The van der Waals surface area contributed by atoms with Gasteiger partial charge in [0.05, 0.1) is 6.61 Å². The van der Waals surface area contributed by atoms with E-state index in [-0.39, 0.29) is 23.9 Å². The Morgan fingerprint density at radius 1 is 1.05 bits per heavy atom. The molecule has 2 aliphatic carbocycles. The molecule has 1 saturated heterocycles. The van der Waals surface area contributed by atoms with Crippen molar-refractivity contribution in [3.63, 3.8) is 0 Å². The van der Waals surface area contributed by atoms with Gasteiger partial charge in [0.1, 0.15) is 11.9 Å². The number of benzene rings is 3. The smallest absolute Gasteiger partial charge is 0.122 e. The van der Waals surface area contributed by atoms with Crippen LogP contribution in [0.4, 0.5) is 0 Å². The fourth-order valence-corrected chi connectivity index (χ4v) is 7.24. The first kappa shape index (κ1) is 26.1. The van der Waals surface area contributed by atoms with E-state index in [4.69, 9.17) is 9.47 Å².